The summed E-state index contributed by atoms with van der Waals surface area (Å²) in [5.74, 6) is 0.232. The molecule has 1 aliphatic rings. The van der Waals surface area contributed by atoms with Gasteiger partial charge in [-0.2, -0.15) is 0 Å². The third kappa shape index (κ3) is 6.46. The third-order valence-electron chi connectivity index (χ3n) is 5.55. The molecule has 1 fully saturated rings. The van der Waals surface area contributed by atoms with E-state index in [4.69, 9.17) is 4.74 Å². The normalized spacial score (nSPS) is 21.3. The SMILES string of the molecule is CC(CO)COC1CCC(N(Cc2ccccc2)Cc2ccccc2)CC1. The number of aliphatic hydroxyl groups is 1. The smallest absolute Gasteiger partial charge is 0.0576 e. The van der Waals surface area contributed by atoms with E-state index in [1.165, 1.54) is 24.0 Å². The third-order valence-corrected chi connectivity index (χ3v) is 5.55. The Labute approximate surface area is 164 Å². The van der Waals surface area contributed by atoms with Crippen LogP contribution in [0.15, 0.2) is 60.7 Å². The molecule has 1 N–H and O–H groups in total. The lowest BCUT2D eigenvalue weighted by Gasteiger charge is -2.37. The number of nitrogens with zero attached hydrogens (tertiary/aromatic N) is 1. The highest BCUT2D eigenvalue weighted by Gasteiger charge is 2.26. The number of rotatable bonds is 9. The van der Waals surface area contributed by atoms with E-state index in [-0.39, 0.29) is 12.5 Å². The summed E-state index contributed by atoms with van der Waals surface area (Å²) >= 11 is 0. The van der Waals surface area contributed by atoms with Crippen LogP contribution in [0.5, 0.6) is 0 Å². The molecule has 0 radical (unpaired) electrons. The maximum atomic E-state index is 9.17. The van der Waals surface area contributed by atoms with Crippen molar-refractivity contribution in [1.82, 2.24) is 4.90 Å². The van der Waals surface area contributed by atoms with Crippen molar-refractivity contribution >= 4 is 0 Å². The van der Waals surface area contributed by atoms with E-state index in [0.717, 1.165) is 25.9 Å². The lowest BCUT2D eigenvalue weighted by atomic mass is 9.91. The first kappa shape index (κ1) is 20.1. The summed E-state index contributed by atoms with van der Waals surface area (Å²) < 4.78 is 6.02. The van der Waals surface area contributed by atoms with Crippen molar-refractivity contribution in [3.05, 3.63) is 71.8 Å². The molecule has 0 aromatic heterocycles. The first-order valence-electron chi connectivity index (χ1n) is 10.3. The lowest BCUT2D eigenvalue weighted by Crippen LogP contribution is -2.39. The molecular formula is C24H33NO2. The Hall–Kier alpha value is -1.68. The first-order valence-corrected chi connectivity index (χ1v) is 10.3. The van der Waals surface area contributed by atoms with Gasteiger partial charge in [0, 0.05) is 31.7 Å². The van der Waals surface area contributed by atoms with Gasteiger partial charge in [-0.05, 0) is 36.8 Å². The van der Waals surface area contributed by atoms with Gasteiger partial charge in [-0.3, -0.25) is 4.90 Å². The molecule has 3 heteroatoms. The maximum absolute atomic E-state index is 9.17. The highest BCUT2D eigenvalue weighted by atomic mass is 16.5. The standard InChI is InChI=1S/C24H33NO2/c1-20(18-26)19-27-24-14-12-23(13-15-24)25(16-21-8-4-2-5-9-21)17-22-10-6-3-7-11-22/h2-11,20,23-24,26H,12-19H2,1H3. The van der Waals surface area contributed by atoms with Gasteiger partial charge in [-0.25, -0.2) is 0 Å². The molecule has 146 valence electrons. The number of aliphatic hydroxyl groups excluding tert-OH is 1. The van der Waals surface area contributed by atoms with Crippen molar-refractivity contribution < 1.29 is 9.84 Å². The summed E-state index contributed by atoms with van der Waals surface area (Å²) in [6.45, 7) is 4.90. The highest BCUT2D eigenvalue weighted by molar-refractivity contribution is 5.17. The van der Waals surface area contributed by atoms with E-state index in [1.54, 1.807) is 0 Å². The van der Waals surface area contributed by atoms with Gasteiger partial charge in [0.25, 0.3) is 0 Å². The Bertz CT molecular complexity index is 596. The van der Waals surface area contributed by atoms with Crippen molar-refractivity contribution in [2.75, 3.05) is 13.2 Å². The minimum absolute atomic E-state index is 0.206. The average molecular weight is 368 g/mol. The molecule has 1 atom stereocenters. The zero-order valence-electron chi connectivity index (χ0n) is 16.5. The lowest BCUT2D eigenvalue weighted by molar-refractivity contribution is -0.0160. The molecule has 0 amide bonds. The second kappa shape index (κ2) is 10.6. The van der Waals surface area contributed by atoms with Crippen LogP contribution >= 0.6 is 0 Å². The maximum Gasteiger partial charge on any atom is 0.0576 e. The van der Waals surface area contributed by atoms with Crippen LogP contribution in [-0.2, 0) is 17.8 Å². The molecule has 0 saturated heterocycles. The van der Waals surface area contributed by atoms with E-state index in [2.05, 4.69) is 65.6 Å². The molecule has 0 heterocycles. The minimum atomic E-state index is 0.206. The monoisotopic (exact) mass is 367 g/mol. The Morgan fingerprint density at radius 1 is 0.889 bits per heavy atom. The van der Waals surface area contributed by atoms with Gasteiger partial charge in [-0.15, -0.1) is 0 Å². The number of ether oxygens (including phenoxy) is 1. The quantitative estimate of drug-likeness (QED) is 0.700. The van der Waals surface area contributed by atoms with Crippen LogP contribution in [0.1, 0.15) is 43.7 Å². The van der Waals surface area contributed by atoms with Crippen molar-refractivity contribution in [2.24, 2.45) is 5.92 Å². The van der Waals surface area contributed by atoms with E-state index < -0.39 is 0 Å². The molecule has 0 spiro atoms. The largest absolute Gasteiger partial charge is 0.396 e. The van der Waals surface area contributed by atoms with Crippen LogP contribution in [-0.4, -0.2) is 35.4 Å². The molecule has 1 aliphatic carbocycles. The van der Waals surface area contributed by atoms with E-state index in [0.29, 0.717) is 18.8 Å². The van der Waals surface area contributed by atoms with E-state index in [9.17, 15) is 5.11 Å². The van der Waals surface area contributed by atoms with Crippen molar-refractivity contribution in [1.29, 1.82) is 0 Å². The molecule has 0 bridgehead atoms. The van der Waals surface area contributed by atoms with Gasteiger partial charge in [0.15, 0.2) is 0 Å². The van der Waals surface area contributed by atoms with Gasteiger partial charge in [0.1, 0.15) is 0 Å². The summed E-state index contributed by atoms with van der Waals surface area (Å²) in [7, 11) is 0. The molecule has 2 aromatic rings. The fraction of sp³-hybridized carbons (Fsp3) is 0.500. The Morgan fingerprint density at radius 2 is 1.41 bits per heavy atom. The molecule has 3 rings (SSSR count). The molecule has 1 unspecified atom stereocenters. The number of benzene rings is 2. The highest BCUT2D eigenvalue weighted by Crippen LogP contribution is 2.28. The van der Waals surface area contributed by atoms with Crippen molar-refractivity contribution in [3.63, 3.8) is 0 Å². The second-order valence-corrected chi connectivity index (χ2v) is 7.93. The zero-order valence-corrected chi connectivity index (χ0v) is 16.5. The summed E-state index contributed by atoms with van der Waals surface area (Å²) in [4.78, 5) is 2.64. The van der Waals surface area contributed by atoms with Crippen molar-refractivity contribution in [3.8, 4) is 0 Å². The molecule has 0 aliphatic heterocycles. The summed E-state index contributed by atoms with van der Waals surface area (Å²) in [6.07, 6.45) is 4.94. The summed E-state index contributed by atoms with van der Waals surface area (Å²) in [5, 5.41) is 9.17. The Kier molecular flexibility index (Phi) is 7.88. The Morgan fingerprint density at radius 3 is 1.89 bits per heavy atom. The molecular weight excluding hydrogens is 334 g/mol. The topological polar surface area (TPSA) is 32.7 Å². The first-order chi connectivity index (χ1) is 13.2. The van der Waals surface area contributed by atoms with Gasteiger partial charge in [-0.1, -0.05) is 67.6 Å². The number of hydrogen-bond acceptors (Lipinski definition) is 3. The summed E-state index contributed by atoms with van der Waals surface area (Å²) in [5.41, 5.74) is 2.76. The molecule has 2 aromatic carbocycles. The summed E-state index contributed by atoms with van der Waals surface area (Å²) in [6, 6.07) is 22.2. The molecule has 3 nitrogen and oxygen atoms in total. The van der Waals surface area contributed by atoms with Gasteiger partial charge in [0.2, 0.25) is 0 Å². The van der Waals surface area contributed by atoms with E-state index >= 15 is 0 Å². The predicted molar refractivity (Wildman–Crippen MR) is 110 cm³/mol. The fourth-order valence-corrected chi connectivity index (χ4v) is 3.88. The van der Waals surface area contributed by atoms with Gasteiger partial charge < -0.3 is 9.84 Å². The molecule has 1 saturated carbocycles. The van der Waals surface area contributed by atoms with Crippen LogP contribution in [0.25, 0.3) is 0 Å². The second-order valence-electron chi connectivity index (χ2n) is 7.93. The Balaban J connectivity index is 1.59. The molecule has 27 heavy (non-hydrogen) atoms. The van der Waals surface area contributed by atoms with Gasteiger partial charge in [0.05, 0.1) is 12.7 Å². The fourth-order valence-electron chi connectivity index (χ4n) is 3.88. The van der Waals surface area contributed by atoms with Crippen molar-refractivity contribution in [2.45, 2.75) is 57.8 Å². The van der Waals surface area contributed by atoms with Gasteiger partial charge >= 0.3 is 0 Å². The number of hydrogen-bond donors (Lipinski definition) is 1. The minimum Gasteiger partial charge on any atom is -0.396 e. The van der Waals surface area contributed by atoms with E-state index in [1.807, 2.05) is 6.92 Å². The average Bonchev–Trinajstić information content (AvgIpc) is 2.73. The van der Waals surface area contributed by atoms with Crippen LogP contribution in [0, 0.1) is 5.92 Å². The van der Waals surface area contributed by atoms with Crippen LogP contribution in [0.2, 0.25) is 0 Å². The van der Waals surface area contributed by atoms with Crippen LogP contribution in [0.4, 0.5) is 0 Å². The predicted octanol–water partition coefficient (Wildman–Crippen LogP) is 4.65. The van der Waals surface area contributed by atoms with Crippen LogP contribution in [0.3, 0.4) is 0 Å². The van der Waals surface area contributed by atoms with Crippen LogP contribution < -0.4 is 0 Å². The zero-order chi connectivity index (χ0) is 18.9.